The third-order valence-electron chi connectivity index (χ3n) is 4.01. The van der Waals surface area contributed by atoms with E-state index in [2.05, 4.69) is 42.1 Å². The lowest BCUT2D eigenvalue weighted by atomic mass is 9.70. The summed E-state index contributed by atoms with van der Waals surface area (Å²) in [6.07, 6.45) is 7.49. The molecular weight excluding hydrogens is 200 g/mol. The molecule has 15 heavy (non-hydrogen) atoms. The molecule has 0 heterocycles. The Morgan fingerprint density at radius 2 is 1.67 bits per heavy atom. The number of rotatable bonds is 2. The third-order valence-corrected chi connectivity index (χ3v) is 5.44. The van der Waals surface area contributed by atoms with Crippen LogP contribution in [0.15, 0.2) is 35.2 Å². The molecule has 0 aromatic heterocycles. The second kappa shape index (κ2) is 4.21. The van der Waals surface area contributed by atoms with Crippen LogP contribution in [0.4, 0.5) is 0 Å². The maximum atomic E-state index is 2.26. The molecule has 0 nitrogen and oxygen atoms in total. The molecule has 0 saturated heterocycles. The van der Waals surface area contributed by atoms with E-state index < -0.39 is 0 Å². The van der Waals surface area contributed by atoms with Gasteiger partial charge in [-0.1, -0.05) is 31.0 Å². The zero-order valence-corrected chi connectivity index (χ0v) is 9.88. The fraction of sp³-hybridized carbons (Fsp3) is 0.571. The van der Waals surface area contributed by atoms with E-state index in [4.69, 9.17) is 0 Å². The van der Waals surface area contributed by atoms with Crippen LogP contribution in [-0.2, 0) is 0 Å². The molecule has 1 aromatic rings. The van der Waals surface area contributed by atoms with Crippen LogP contribution in [0.25, 0.3) is 0 Å². The van der Waals surface area contributed by atoms with Crippen molar-refractivity contribution in [3.05, 3.63) is 30.3 Å². The second-order valence-corrected chi connectivity index (χ2v) is 6.30. The van der Waals surface area contributed by atoms with Crippen molar-refractivity contribution in [2.75, 3.05) is 0 Å². The Balaban J connectivity index is 1.69. The standard InChI is InChI=1S/C14H18S/c1-2-4-13(5-3-1)15-14-10-11-6-8-12(14)9-7-11/h1-5,11-12,14H,6-10H2/t11?,12?,14-/m0/s1. The quantitative estimate of drug-likeness (QED) is 0.711. The highest BCUT2D eigenvalue weighted by atomic mass is 32.2. The van der Waals surface area contributed by atoms with Crippen molar-refractivity contribution in [3.63, 3.8) is 0 Å². The van der Waals surface area contributed by atoms with Crippen molar-refractivity contribution >= 4 is 11.8 Å². The number of fused-ring (bicyclic) bond motifs is 3. The normalized spacial score (nSPS) is 34.3. The van der Waals surface area contributed by atoms with Crippen LogP contribution in [0, 0.1) is 11.8 Å². The van der Waals surface area contributed by atoms with Crippen molar-refractivity contribution in [1.82, 2.24) is 0 Å². The first-order valence-corrected chi connectivity index (χ1v) is 7.01. The van der Waals surface area contributed by atoms with Crippen LogP contribution in [0.2, 0.25) is 0 Å². The zero-order valence-electron chi connectivity index (χ0n) is 9.06. The van der Waals surface area contributed by atoms with E-state index >= 15 is 0 Å². The lowest BCUT2D eigenvalue weighted by Gasteiger charge is -2.42. The van der Waals surface area contributed by atoms with Crippen LogP contribution in [0.3, 0.4) is 0 Å². The van der Waals surface area contributed by atoms with Crippen molar-refractivity contribution < 1.29 is 0 Å². The highest BCUT2D eigenvalue weighted by Crippen LogP contribution is 2.47. The number of thioether (sulfide) groups is 1. The molecule has 2 bridgehead atoms. The second-order valence-electron chi connectivity index (χ2n) is 4.99. The molecule has 0 spiro atoms. The molecule has 1 aromatic carbocycles. The van der Waals surface area contributed by atoms with Crippen LogP contribution in [-0.4, -0.2) is 5.25 Å². The molecule has 3 aliphatic rings. The molecule has 0 amide bonds. The first kappa shape index (κ1) is 9.77. The summed E-state index contributed by atoms with van der Waals surface area (Å²) in [7, 11) is 0. The summed E-state index contributed by atoms with van der Waals surface area (Å²) in [4.78, 5) is 1.47. The van der Waals surface area contributed by atoms with Gasteiger partial charge in [0, 0.05) is 10.1 Å². The predicted octanol–water partition coefficient (Wildman–Crippen LogP) is 4.36. The van der Waals surface area contributed by atoms with Gasteiger partial charge in [0.2, 0.25) is 0 Å². The van der Waals surface area contributed by atoms with Gasteiger partial charge in [0.05, 0.1) is 0 Å². The Morgan fingerprint density at radius 3 is 2.27 bits per heavy atom. The van der Waals surface area contributed by atoms with E-state index in [-0.39, 0.29) is 0 Å². The van der Waals surface area contributed by atoms with Gasteiger partial charge >= 0.3 is 0 Å². The molecule has 1 heteroatoms. The lowest BCUT2D eigenvalue weighted by Crippen LogP contribution is -2.33. The van der Waals surface area contributed by atoms with Crippen LogP contribution >= 0.6 is 11.8 Å². The molecule has 0 unspecified atom stereocenters. The van der Waals surface area contributed by atoms with E-state index in [1.807, 2.05) is 0 Å². The first-order valence-electron chi connectivity index (χ1n) is 6.13. The van der Waals surface area contributed by atoms with Gasteiger partial charge < -0.3 is 0 Å². The molecule has 1 atom stereocenters. The summed E-state index contributed by atoms with van der Waals surface area (Å²) in [5.41, 5.74) is 0. The van der Waals surface area contributed by atoms with Gasteiger partial charge in [-0.05, 0) is 43.2 Å². The Labute approximate surface area is 96.5 Å². The number of benzene rings is 1. The molecule has 4 rings (SSSR count). The molecule has 0 radical (unpaired) electrons. The van der Waals surface area contributed by atoms with Crippen LogP contribution in [0.5, 0.6) is 0 Å². The smallest absolute Gasteiger partial charge is 0.0125 e. The topological polar surface area (TPSA) is 0 Å². The van der Waals surface area contributed by atoms with Crippen molar-refractivity contribution in [2.45, 2.75) is 42.2 Å². The third kappa shape index (κ3) is 2.08. The monoisotopic (exact) mass is 218 g/mol. The SMILES string of the molecule is c1ccc(S[C@H]2CC3CCC2CC3)cc1. The predicted molar refractivity (Wildman–Crippen MR) is 66.2 cm³/mol. The molecule has 0 N–H and O–H groups in total. The Bertz CT molecular complexity index is 311. The van der Waals surface area contributed by atoms with Gasteiger partial charge in [-0.15, -0.1) is 11.8 Å². The van der Waals surface area contributed by atoms with Gasteiger partial charge in [-0.2, -0.15) is 0 Å². The average molecular weight is 218 g/mol. The first-order chi connectivity index (χ1) is 7.42. The summed E-state index contributed by atoms with van der Waals surface area (Å²) in [5, 5.41) is 0.917. The Morgan fingerprint density at radius 1 is 0.933 bits per heavy atom. The van der Waals surface area contributed by atoms with E-state index in [1.54, 1.807) is 0 Å². The van der Waals surface area contributed by atoms with Crippen LogP contribution < -0.4 is 0 Å². The van der Waals surface area contributed by atoms with Gasteiger partial charge in [-0.3, -0.25) is 0 Å². The van der Waals surface area contributed by atoms with Crippen molar-refractivity contribution in [2.24, 2.45) is 11.8 Å². The minimum atomic E-state index is 0.917. The molecule has 3 aliphatic carbocycles. The minimum Gasteiger partial charge on any atom is -0.122 e. The fourth-order valence-corrected chi connectivity index (χ4v) is 4.63. The average Bonchev–Trinajstić information content (AvgIpc) is 2.32. The van der Waals surface area contributed by atoms with Crippen LogP contribution in [0.1, 0.15) is 32.1 Å². The summed E-state index contributed by atoms with van der Waals surface area (Å²) in [5.74, 6) is 2.07. The maximum Gasteiger partial charge on any atom is 0.0125 e. The molecule has 80 valence electrons. The molecule has 0 aliphatic heterocycles. The zero-order chi connectivity index (χ0) is 10.1. The van der Waals surface area contributed by atoms with Gasteiger partial charge in [0.15, 0.2) is 0 Å². The summed E-state index contributed by atoms with van der Waals surface area (Å²) in [6, 6.07) is 10.9. The van der Waals surface area contributed by atoms with Crippen molar-refractivity contribution in [3.8, 4) is 0 Å². The largest absolute Gasteiger partial charge is 0.122 e. The Kier molecular flexibility index (Phi) is 2.74. The Hall–Kier alpha value is -0.430. The number of hydrogen-bond donors (Lipinski definition) is 0. The van der Waals surface area contributed by atoms with Gasteiger partial charge in [-0.25, -0.2) is 0 Å². The highest BCUT2D eigenvalue weighted by Gasteiger charge is 2.35. The summed E-state index contributed by atoms with van der Waals surface area (Å²) >= 11 is 2.13. The maximum absolute atomic E-state index is 2.26. The summed E-state index contributed by atoms with van der Waals surface area (Å²) < 4.78 is 0. The van der Waals surface area contributed by atoms with Gasteiger partial charge in [0.25, 0.3) is 0 Å². The summed E-state index contributed by atoms with van der Waals surface area (Å²) in [6.45, 7) is 0. The van der Waals surface area contributed by atoms with E-state index in [1.165, 1.54) is 37.0 Å². The minimum absolute atomic E-state index is 0.917. The lowest BCUT2D eigenvalue weighted by molar-refractivity contribution is 0.184. The van der Waals surface area contributed by atoms with E-state index in [0.717, 1.165) is 17.1 Å². The highest BCUT2D eigenvalue weighted by molar-refractivity contribution is 8.00. The fourth-order valence-electron chi connectivity index (χ4n) is 3.13. The molecule has 3 fully saturated rings. The molecular formula is C14H18S. The van der Waals surface area contributed by atoms with E-state index in [0.29, 0.717) is 0 Å². The van der Waals surface area contributed by atoms with E-state index in [9.17, 15) is 0 Å². The van der Waals surface area contributed by atoms with Crippen molar-refractivity contribution in [1.29, 1.82) is 0 Å². The molecule has 3 saturated carbocycles. The van der Waals surface area contributed by atoms with Gasteiger partial charge in [0.1, 0.15) is 0 Å². The number of hydrogen-bond acceptors (Lipinski definition) is 1.